The molecule has 0 heterocycles. The molecule has 0 fully saturated rings. The van der Waals surface area contributed by atoms with E-state index in [9.17, 15) is 5.11 Å². The Labute approximate surface area is 105 Å². The topological polar surface area (TPSA) is 46.2 Å². The Morgan fingerprint density at radius 1 is 1.56 bits per heavy atom. The van der Waals surface area contributed by atoms with Gasteiger partial charge in [0.25, 0.3) is 0 Å². The molecule has 0 radical (unpaired) electrons. The summed E-state index contributed by atoms with van der Waals surface area (Å²) in [5, 5.41) is 9.26. The number of fused-ring (bicyclic) bond motifs is 1. The van der Waals surface area contributed by atoms with Gasteiger partial charge in [0.05, 0.1) is 0 Å². The second-order valence-electron chi connectivity index (χ2n) is 4.72. The van der Waals surface area contributed by atoms with Gasteiger partial charge in [-0.05, 0) is 49.4 Å². The minimum absolute atomic E-state index is 0.0230. The minimum atomic E-state index is -0.0230. The quantitative estimate of drug-likeness (QED) is 0.895. The van der Waals surface area contributed by atoms with Crippen molar-refractivity contribution < 1.29 is 5.11 Å². The Morgan fingerprint density at radius 3 is 2.94 bits per heavy atom. The van der Waals surface area contributed by atoms with Crippen molar-refractivity contribution in [1.29, 1.82) is 0 Å². The van der Waals surface area contributed by atoms with Crippen LogP contribution in [0.4, 0.5) is 0 Å². The van der Waals surface area contributed by atoms with Gasteiger partial charge in [-0.3, -0.25) is 0 Å². The number of aliphatic hydroxyl groups is 1. The molecule has 0 spiro atoms. The summed E-state index contributed by atoms with van der Waals surface area (Å²) in [7, 11) is 0. The van der Waals surface area contributed by atoms with Crippen LogP contribution in [0.1, 0.15) is 30.9 Å². The summed E-state index contributed by atoms with van der Waals surface area (Å²) in [4.78, 5) is 0. The molecular weight excluding hydrogens is 266 g/mol. The van der Waals surface area contributed by atoms with Crippen molar-refractivity contribution in [2.24, 2.45) is 5.73 Å². The van der Waals surface area contributed by atoms with E-state index >= 15 is 0 Å². The number of halogens is 1. The van der Waals surface area contributed by atoms with Crippen LogP contribution in [0.3, 0.4) is 0 Å². The standard InChI is InChI=1S/C13H18BrNO/c1-9(15)13(6-7-16)5-4-10-8-11(14)2-3-12(10)13/h2-3,8-9,16H,4-7,15H2,1H3. The number of benzene rings is 1. The Kier molecular flexibility index (Phi) is 3.38. The third-order valence-electron chi connectivity index (χ3n) is 3.87. The predicted molar refractivity (Wildman–Crippen MR) is 69.5 cm³/mol. The molecule has 0 saturated heterocycles. The Morgan fingerprint density at radius 2 is 2.31 bits per heavy atom. The Bertz CT molecular complexity index is 392. The molecule has 2 unspecified atom stereocenters. The average molecular weight is 284 g/mol. The van der Waals surface area contributed by atoms with Gasteiger partial charge < -0.3 is 10.8 Å². The molecule has 3 N–H and O–H groups in total. The van der Waals surface area contributed by atoms with Crippen molar-refractivity contribution in [1.82, 2.24) is 0 Å². The van der Waals surface area contributed by atoms with E-state index in [1.807, 2.05) is 6.92 Å². The Balaban J connectivity index is 2.46. The van der Waals surface area contributed by atoms with Gasteiger partial charge in [-0.2, -0.15) is 0 Å². The molecule has 1 aromatic carbocycles. The molecule has 0 bridgehead atoms. The highest BCUT2D eigenvalue weighted by Gasteiger charge is 2.41. The molecule has 1 aliphatic carbocycles. The molecule has 2 nitrogen and oxygen atoms in total. The molecule has 2 rings (SSSR count). The first-order valence-electron chi connectivity index (χ1n) is 5.75. The largest absolute Gasteiger partial charge is 0.396 e. The van der Waals surface area contributed by atoms with E-state index in [0.29, 0.717) is 0 Å². The average Bonchev–Trinajstić information content (AvgIpc) is 2.58. The van der Waals surface area contributed by atoms with Crippen LogP contribution in [0, 0.1) is 0 Å². The lowest BCUT2D eigenvalue weighted by Crippen LogP contribution is -2.42. The van der Waals surface area contributed by atoms with Gasteiger partial charge in [0, 0.05) is 22.5 Å². The highest BCUT2D eigenvalue weighted by molar-refractivity contribution is 9.10. The predicted octanol–water partition coefficient (Wildman–Crippen LogP) is 2.36. The maximum absolute atomic E-state index is 9.26. The van der Waals surface area contributed by atoms with Crippen LogP contribution >= 0.6 is 15.9 Å². The Hall–Kier alpha value is -0.380. The zero-order chi connectivity index (χ0) is 11.8. The van der Waals surface area contributed by atoms with Crippen molar-refractivity contribution in [2.45, 2.75) is 37.6 Å². The molecule has 0 amide bonds. The van der Waals surface area contributed by atoms with Crippen molar-refractivity contribution in [3.05, 3.63) is 33.8 Å². The van der Waals surface area contributed by atoms with Crippen LogP contribution in [0.25, 0.3) is 0 Å². The van der Waals surface area contributed by atoms with E-state index in [1.165, 1.54) is 11.1 Å². The van der Waals surface area contributed by atoms with Gasteiger partial charge in [-0.25, -0.2) is 0 Å². The molecule has 0 aromatic heterocycles. The molecule has 0 saturated carbocycles. The first kappa shape index (κ1) is 12.1. The zero-order valence-electron chi connectivity index (χ0n) is 9.54. The van der Waals surface area contributed by atoms with Gasteiger partial charge in [0.2, 0.25) is 0 Å². The summed E-state index contributed by atoms with van der Waals surface area (Å²) in [6, 6.07) is 6.49. The van der Waals surface area contributed by atoms with Gasteiger partial charge in [-0.15, -0.1) is 0 Å². The summed E-state index contributed by atoms with van der Waals surface area (Å²) in [5.74, 6) is 0. The lowest BCUT2D eigenvalue weighted by Gasteiger charge is -2.34. The van der Waals surface area contributed by atoms with Crippen molar-refractivity contribution in [3.8, 4) is 0 Å². The number of aryl methyl sites for hydroxylation is 1. The van der Waals surface area contributed by atoms with Gasteiger partial charge >= 0.3 is 0 Å². The van der Waals surface area contributed by atoms with Gasteiger partial charge in [0.15, 0.2) is 0 Å². The van der Waals surface area contributed by atoms with Crippen molar-refractivity contribution >= 4 is 15.9 Å². The van der Waals surface area contributed by atoms with E-state index < -0.39 is 0 Å². The summed E-state index contributed by atoms with van der Waals surface area (Å²) in [6.45, 7) is 2.25. The second-order valence-corrected chi connectivity index (χ2v) is 5.64. The second kappa shape index (κ2) is 4.47. The fraction of sp³-hybridized carbons (Fsp3) is 0.538. The number of nitrogens with two attached hydrogens (primary N) is 1. The summed E-state index contributed by atoms with van der Waals surface area (Å²) in [5.41, 5.74) is 8.83. The van der Waals surface area contributed by atoms with E-state index in [2.05, 4.69) is 34.1 Å². The third-order valence-corrected chi connectivity index (χ3v) is 4.37. The summed E-state index contributed by atoms with van der Waals surface area (Å²) >= 11 is 3.50. The van der Waals surface area contributed by atoms with Crippen LogP contribution in [0.5, 0.6) is 0 Å². The normalized spacial score (nSPS) is 25.5. The van der Waals surface area contributed by atoms with E-state index in [-0.39, 0.29) is 18.1 Å². The number of hydrogen-bond acceptors (Lipinski definition) is 2. The number of aliphatic hydroxyl groups excluding tert-OH is 1. The molecule has 2 atom stereocenters. The van der Waals surface area contributed by atoms with Crippen molar-refractivity contribution in [2.75, 3.05) is 6.61 Å². The maximum Gasteiger partial charge on any atom is 0.0440 e. The lowest BCUT2D eigenvalue weighted by atomic mass is 9.74. The lowest BCUT2D eigenvalue weighted by molar-refractivity contribution is 0.218. The van der Waals surface area contributed by atoms with Gasteiger partial charge in [-0.1, -0.05) is 22.0 Å². The maximum atomic E-state index is 9.26. The fourth-order valence-corrected chi connectivity index (χ4v) is 3.32. The number of rotatable bonds is 3. The first-order valence-corrected chi connectivity index (χ1v) is 6.55. The van der Waals surface area contributed by atoms with E-state index in [4.69, 9.17) is 5.73 Å². The molecule has 88 valence electrons. The number of hydrogen-bond donors (Lipinski definition) is 2. The van der Waals surface area contributed by atoms with Crippen molar-refractivity contribution in [3.63, 3.8) is 0 Å². The van der Waals surface area contributed by atoms with Crippen LogP contribution in [-0.2, 0) is 11.8 Å². The monoisotopic (exact) mass is 283 g/mol. The third kappa shape index (κ3) is 1.81. The molecule has 3 heteroatoms. The molecule has 1 aliphatic rings. The van der Waals surface area contributed by atoms with Crippen LogP contribution in [0.2, 0.25) is 0 Å². The highest BCUT2D eigenvalue weighted by Crippen LogP contribution is 2.44. The summed E-state index contributed by atoms with van der Waals surface area (Å²) < 4.78 is 1.12. The molecule has 16 heavy (non-hydrogen) atoms. The molecule has 0 aliphatic heterocycles. The highest BCUT2D eigenvalue weighted by atomic mass is 79.9. The van der Waals surface area contributed by atoms with E-state index in [0.717, 1.165) is 23.7 Å². The zero-order valence-corrected chi connectivity index (χ0v) is 11.1. The minimum Gasteiger partial charge on any atom is -0.396 e. The smallest absolute Gasteiger partial charge is 0.0440 e. The van der Waals surface area contributed by atoms with E-state index in [1.54, 1.807) is 0 Å². The first-order chi connectivity index (χ1) is 7.60. The van der Waals surface area contributed by atoms with Crippen LogP contribution in [0.15, 0.2) is 22.7 Å². The molecular formula is C13H18BrNO. The van der Waals surface area contributed by atoms with Crippen LogP contribution in [-0.4, -0.2) is 17.8 Å². The fourth-order valence-electron chi connectivity index (χ4n) is 2.91. The molecule has 1 aromatic rings. The SMILES string of the molecule is CC(N)C1(CCO)CCc2cc(Br)ccc21. The van der Waals surface area contributed by atoms with Crippen LogP contribution < -0.4 is 5.73 Å². The van der Waals surface area contributed by atoms with Gasteiger partial charge in [0.1, 0.15) is 0 Å². The summed E-state index contributed by atoms with van der Waals surface area (Å²) in [6.07, 6.45) is 2.88.